The first-order chi connectivity index (χ1) is 10.6. The molecule has 0 spiro atoms. The van der Waals surface area contributed by atoms with Crippen molar-refractivity contribution in [1.29, 1.82) is 0 Å². The van der Waals surface area contributed by atoms with Gasteiger partial charge in [-0.3, -0.25) is 9.59 Å². The van der Waals surface area contributed by atoms with Crippen LogP contribution in [0.1, 0.15) is 28.8 Å². The molecule has 0 bridgehead atoms. The number of ether oxygens (including phenoxy) is 1. The Balaban J connectivity index is 1.74. The van der Waals surface area contributed by atoms with Gasteiger partial charge in [0.1, 0.15) is 5.75 Å². The number of anilines is 1. The molecule has 1 N–H and O–H groups in total. The van der Waals surface area contributed by atoms with E-state index in [1.54, 1.807) is 24.3 Å². The summed E-state index contributed by atoms with van der Waals surface area (Å²) in [6.45, 7) is 1.78. The summed E-state index contributed by atoms with van der Waals surface area (Å²) < 4.78 is 6.35. The number of ketones is 1. The predicted octanol–water partition coefficient (Wildman–Crippen LogP) is 3.77. The average molecular weight is 360 g/mol. The Kier molecular flexibility index (Phi) is 3.98. The zero-order valence-corrected chi connectivity index (χ0v) is 13.5. The number of para-hydroxylation sites is 1. The lowest BCUT2D eigenvalue weighted by Gasteiger charge is -2.08. The highest BCUT2D eigenvalue weighted by atomic mass is 79.9. The van der Waals surface area contributed by atoms with E-state index in [-0.39, 0.29) is 24.2 Å². The van der Waals surface area contributed by atoms with Crippen molar-refractivity contribution < 1.29 is 14.3 Å². The summed E-state index contributed by atoms with van der Waals surface area (Å²) in [5.74, 6) is 0.239. The van der Waals surface area contributed by atoms with Gasteiger partial charge in [0, 0.05) is 11.3 Å². The second-order valence-corrected chi connectivity index (χ2v) is 6.01. The summed E-state index contributed by atoms with van der Waals surface area (Å²) >= 11 is 3.38. The number of Topliss-reactive ketones (excluding diaryl/α,β-unsaturated/α-hetero) is 1. The number of halogens is 1. The molecule has 2 aromatic rings. The number of benzene rings is 2. The van der Waals surface area contributed by atoms with Crippen molar-refractivity contribution in [3.63, 3.8) is 0 Å². The number of amides is 1. The van der Waals surface area contributed by atoms with Crippen LogP contribution >= 0.6 is 15.9 Å². The van der Waals surface area contributed by atoms with Crippen LogP contribution in [0.3, 0.4) is 0 Å². The molecule has 1 atom stereocenters. The molecule has 1 aliphatic heterocycles. The standard InChI is InChI=1S/C17H14BrNO3/c1-10-12-8-11(6-7-14(12)19-17(10)21)15(20)9-22-16-5-3-2-4-13(16)18/h2-8,10H,9H2,1H3,(H,19,21)/t10-/m1/s1. The molecule has 1 heterocycles. The van der Waals surface area contributed by atoms with Crippen LogP contribution in [0, 0.1) is 0 Å². The van der Waals surface area contributed by atoms with E-state index in [1.807, 2.05) is 25.1 Å². The SMILES string of the molecule is C[C@H]1C(=O)Nc2ccc(C(=O)COc3ccccc3Br)cc21. The van der Waals surface area contributed by atoms with Gasteiger partial charge in [-0.25, -0.2) is 0 Å². The van der Waals surface area contributed by atoms with E-state index >= 15 is 0 Å². The first-order valence-electron chi connectivity index (χ1n) is 6.91. The third-order valence-corrected chi connectivity index (χ3v) is 4.34. The number of fused-ring (bicyclic) bond motifs is 1. The quantitative estimate of drug-likeness (QED) is 0.845. The number of nitrogens with one attached hydrogen (secondary N) is 1. The van der Waals surface area contributed by atoms with Gasteiger partial charge in [-0.1, -0.05) is 12.1 Å². The van der Waals surface area contributed by atoms with E-state index in [9.17, 15) is 9.59 Å². The van der Waals surface area contributed by atoms with Crippen LogP contribution < -0.4 is 10.1 Å². The van der Waals surface area contributed by atoms with Gasteiger partial charge in [0.05, 0.1) is 10.4 Å². The zero-order chi connectivity index (χ0) is 15.7. The average Bonchev–Trinajstić information content (AvgIpc) is 2.81. The van der Waals surface area contributed by atoms with Crippen LogP contribution in [-0.4, -0.2) is 18.3 Å². The minimum atomic E-state index is -0.230. The maximum atomic E-state index is 12.3. The monoisotopic (exact) mass is 359 g/mol. The Bertz CT molecular complexity index is 757. The molecule has 0 unspecified atom stereocenters. The van der Waals surface area contributed by atoms with Crippen molar-refractivity contribution >= 4 is 33.3 Å². The number of hydrogen-bond acceptors (Lipinski definition) is 3. The van der Waals surface area contributed by atoms with Gasteiger partial charge < -0.3 is 10.1 Å². The van der Waals surface area contributed by atoms with Crippen molar-refractivity contribution in [1.82, 2.24) is 0 Å². The first-order valence-corrected chi connectivity index (χ1v) is 7.71. The van der Waals surface area contributed by atoms with E-state index < -0.39 is 0 Å². The number of carbonyl (C=O) groups excluding carboxylic acids is 2. The molecule has 1 amide bonds. The van der Waals surface area contributed by atoms with E-state index in [1.165, 1.54) is 0 Å². The molecule has 0 fully saturated rings. The molecule has 0 aliphatic carbocycles. The Morgan fingerprint density at radius 1 is 1.27 bits per heavy atom. The van der Waals surface area contributed by atoms with Crippen molar-refractivity contribution in [2.24, 2.45) is 0 Å². The Morgan fingerprint density at radius 2 is 2.05 bits per heavy atom. The summed E-state index contributed by atoms with van der Waals surface area (Å²) in [5, 5.41) is 2.79. The maximum absolute atomic E-state index is 12.3. The van der Waals surface area contributed by atoms with E-state index in [4.69, 9.17) is 4.74 Å². The van der Waals surface area contributed by atoms with E-state index in [0.29, 0.717) is 11.3 Å². The summed E-state index contributed by atoms with van der Waals surface area (Å²) in [5.41, 5.74) is 2.19. The second-order valence-electron chi connectivity index (χ2n) is 5.16. The van der Waals surface area contributed by atoms with E-state index in [2.05, 4.69) is 21.2 Å². The molecule has 3 rings (SSSR count). The fourth-order valence-corrected chi connectivity index (χ4v) is 2.78. The molecule has 1 aliphatic rings. The fraction of sp³-hybridized carbons (Fsp3) is 0.176. The lowest BCUT2D eigenvalue weighted by Crippen LogP contribution is -2.12. The molecule has 0 aromatic heterocycles. The number of carbonyl (C=O) groups is 2. The van der Waals surface area contributed by atoms with E-state index in [0.717, 1.165) is 15.7 Å². The van der Waals surface area contributed by atoms with Gasteiger partial charge in [0.15, 0.2) is 12.4 Å². The van der Waals surface area contributed by atoms with Crippen LogP contribution in [0.25, 0.3) is 0 Å². The lowest BCUT2D eigenvalue weighted by molar-refractivity contribution is -0.116. The molecule has 5 heteroatoms. The molecular formula is C17H14BrNO3. The Labute approximate surface area is 136 Å². The van der Waals surface area contributed by atoms with Crippen molar-refractivity contribution in [2.75, 3.05) is 11.9 Å². The molecule has 0 saturated heterocycles. The highest BCUT2D eigenvalue weighted by molar-refractivity contribution is 9.10. The largest absolute Gasteiger partial charge is 0.484 e. The molecule has 0 radical (unpaired) electrons. The minimum Gasteiger partial charge on any atom is -0.484 e. The second kappa shape index (κ2) is 5.93. The van der Waals surface area contributed by atoms with Crippen LogP contribution in [0.5, 0.6) is 5.75 Å². The van der Waals surface area contributed by atoms with Crippen LogP contribution in [0.2, 0.25) is 0 Å². The Morgan fingerprint density at radius 3 is 2.82 bits per heavy atom. The zero-order valence-electron chi connectivity index (χ0n) is 11.9. The van der Waals surface area contributed by atoms with Gasteiger partial charge in [-0.15, -0.1) is 0 Å². The highest BCUT2D eigenvalue weighted by Crippen LogP contribution is 2.32. The third-order valence-electron chi connectivity index (χ3n) is 3.69. The van der Waals surface area contributed by atoms with Gasteiger partial charge >= 0.3 is 0 Å². The first kappa shape index (κ1) is 14.8. The van der Waals surface area contributed by atoms with Gasteiger partial charge in [-0.05, 0) is 58.7 Å². The van der Waals surface area contributed by atoms with Crippen molar-refractivity contribution in [3.05, 3.63) is 58.1 Å². The summed E-state index contributed by atoms with van der Waals surface area (Å²) in [6, 6.07) is 12.6. The summed E-state index contributed by atoms with van der Waals surface area (Å²) in [4.78, 5) is 23.9. The lowest BCUT2D eigenvalue weighted by atomic mass is 9.99. The molecule has 0 saturated carbocycles. The van der Waals surface area contributed by atoms with Gasteiger partial charge in [-0.2, -0.15) is 0 Å². The van der Waals surface area contributed by atoms with Crippen molar-refractivity contribution in [2.45, 2.75) is 12.8 Å². The van der Waals surface area contributed by atoms with Crippen LogP contribution in [-0.2, 0) is 4.79 Å². The normalized spacial score (nSPS) is 16.1. The summed E-state index contributed by atoms with van der Waals surface area (Å²) in [7, 11) is 0. The minimum absolute atomic E-state index is 0.0379. The van der Waals surface area contributed by atoms with Crippen molar-refractivity contribution in [3.8, 4) is 5.75 Å². The molecule has 2 aromatic carbocycles. The van der Waals surface area contributed by atoms with Gasteiger partial charge in [0.25, 0.3) is 0 Å². The molecular weight excluding hydrogens is 346 g/mol. The highest BCUT2D eigenvalue weighted by Gasteiger charge is 2.27. The Hall–Kier alpha value is -2.14. The van der Waals surface area contributed by atoms with Crippen LogP contribution in [0.15, 0.2) is 46.9 Å². The third kappa shape index (κ3) is 2.76. The van der Waals surface area contributed by atoms with Crippen LogP contribution in [0.4, 0.5) is 5.69 Å². The number of rotatable bonds is 4. The maximum Gasteiger partial charge on any atom is 0.231 e. The fourth-order valence-electron chi connectivity index (χ4n) is 2.38. The molecule has 22 heavy (non-hydrogen) atoms. The van der Waals surface area contributed by atoms with Gasteiger partial charge in [0.2, 0.25) is 5.91 Å². The molecule has 4 nitrogen and oxygen atoms in total. The smallest absolute Gasteiger partial charge is 0.231 e. The topological polar surface area (TPSA) is 55.4 Å². The summed E-state index contributed by atoms with van der Waals surface area (Å²) in [6.07, 6.45) is 0. The number of hydrogen-bond donors (Lipinski definition) is 1. The predicted molar refractivity (Wildman–Crippen MR) is 87.5 cm³/mol. The molecule has 112 valence electrons.